The molecule has 102 valence electrons. The summed E-state index contributed by atoms with van der Waals surface area (Å²) in [6.07, 6.45) is 1.31. The Kier molecular flexibility index (Phi) is 5.33. The van der Waals surface area contributed by atoms with Crippen LogP contribution in [0.3, 0.4) is 0 Å². The Morgan fingerprint density at radius 2 is 2.00 bits per heavy atom. The SMILES string of the molecule is CCOC(=O)/C=C(/OP1OCCO1)c1ccccc1. The number of hydrogen-bond acceptors (Lipinski definition) is 5. The van der Waals surface area contributed by atoms with Crippen LogP contribution in [0.4, 0.5) is 0 Å². The Hall–Kier alpha value is -1.42. The van der Waals surface area contributed by atoms with Crippen LogP contribution < -0.4 is 0 Å². The largest absolute Gasteiger partial charge is 0.463 e. The molecule has 1 aliphatic heterocycles. The maximum Gasteiger partial charge on any atom is 0.397 e. The summed E-state index contributed by atoms with van der Waals surface area (Å²) in [7, 11) is -1.42. The Bertz CT molecular complexity index is 440. The van der Waals surface area contributed by atoms with Crippen molar-refractivity contribution in [2.45, 2.75) is 6.92 Å². The maximum atomic E-state index is 11.5. The summed E-state index contributed by atoms with van der Waals surface area (Å²) >= 11 is 0. The lowest BCUT2D eigenvalue weighted by Crippen LogP contribution is -2.02. The highest BCUT2D eigenvalue weighted by Crippen LogP contribution is 2.47. The van der Waals surface area contributed by atoms with Gasteiger partial charge in [-0.3, -0.25) is 0 Å². The first-order chi connectivity index (χ1) is 9.29. The molecule has 0 radical (unpaired) electrons. The van der Waals surface area contributed by atoms with E-state index in [0.717, 1.165) is 5.56 Å². The summed E-state index contributed by atoms with van der Waals surface area (Å²) in [6.45, 7) is 3.08. The highest BCUT2D eigenvalue weighted by molar-refractivity contribution is 7.42. The van der Waals surface area contributed by atoms with Crippen molar-refractivity contribution in [3.8, 4) is 0 Å². The van der Waals surface area contributed by atoms with E-state index in [0.29, 0.717) is 25.6 Å². The van der Waals surface area contributed by atoms with E-state index in [4.69, 9.17) is 18.3 Å². The van der Waals surface area contributed by atoms with Crippen molar-refractivity contribution < 1.29 is 23.1 Å². The zero-order valence-electron chi connectivity index (χ0n) is 10.6. The van der Waals surface area contributed by atoms with E-state index in [9.17, 15) is 4.79 Å². The third-order valence-electron chi connectivity index (χ3n) is 2.24. The summed E-state index contributed by atoms with van der Waals surface area (Å²) in [5, 5.41) is 0. The third kappa shape index (κ3) is 4.31. The van der Waals surface area contributed by atoms with E-state index in [1.165, 1.54) is 6.08 Å². The monoisotopic (exact) mass is 282 g/mol. The van der Waals surface area contributed by atoms with Crippen LogP contribution in [0.1, 0.15) is 12.5 Å². The molecule has 0 N–H and O–H groups in total. The van der Waals surface area contributed by atoms with Crippen LogP contribution in [0.2, 0.25) is 0 Å². The molecule has 0 bridgehead atoms. The van der Waals surface area contributed by atoms with Crippen molar-refractivity contribution in [2.24, 2.45) is 0 Å². The standard InChI is InChI=1S/C13H15O5P/c1-2-15-13(14)10-12(11-6-4-3-5-7-11)18-19-16-8-9-17-19/h3-7,10H,2,8-9H2,1H3/b12-10+. The van der Waals surface area contributed by atoms with Crippen molar-refractivity contribution in [2.75, 3.05) is 19.8 Å². The summed E-state index contributed by atoms with van der Waals surface area (Å²) < 4.78 is 21.0. The average Bonchev–Trinajstić information content (AvgIpc) is 2.92. The topological polar surface area (TPSA) is 54.0 Å². The van der Waals surface area contributed by atoms with Gasteiger partial charge in [0.25, 0.3) is 0 Å². The fourth-order valence-electron chi connectivity index (χ4n) is 1.45. The molecule has 0 unspecified atom stereocenters. The molecule has 1 aromatic carbocycles. The molecule has 0 amide bonds. The molecule has 5 nitrogen and oxygen atoms in total. The molecule has 0 aliphatic carbocycles. The van der Waals surface area contributed by atoms with Gasteiger partial charge in [-0.25, -0.2) is 4.79 Å². The van der Waals surface area contributed by atoms with Crippen LogP contribution in [0.15, 0.2) is 36.4 Å². The summed E-state index contributed by atoms with van der Waals surface area (Å²) in [5.41, 5.74) is 0.775. The molecular formula is C13H15O5P. The van der Waals surface area contributed by atoms with E-state index in [2.05, 4.69) is 0 Å². The van der Waals surface area contributed by atoms with Crippen LogP contribution in [0, 0.1) is 0 Å². The summed E-state index contributed by atoms with van der Waals surface area (Å²) in [5.74, 6) is -0.0531. The van der Waals surface area contributed by atoms with Gasteiger partial charge in [0.1, 0.15) is 5.76 Å². The first kappa shape index (κ1) is 14.0. The zero-order chi connectivity index (χ0) is 13.5. The number of rotatable bonds is 5. The van der Waals surface area contributed by atoms with Crippen molar-refractivity contribution in [3.05, 3.63) is 42.0 Å². The van der Waals surface area contributed by atoms with Crippen molar-refractivity contribution >= 4 is 20.3 Å². The van der Waals surface area contributed by atoms with Crippen LogP contribution in [-0.2, 0) is 23.1 Å². The normalized spacial score (nSPS) is 16.4. The van der Waals surface area contributed by atoms with Crippen LogP contribution in [0.25, 0.3) is 5.76 Å². The lowest BCUT2D eigenvalue weighted by Gasteiger charge is -2.12. The van der Waals surface area contributed by atoms with Gasteiger partial charge in [-0.15, -0.1) is 0 Å². The summed E-state index contributed by atoms with van der Waals surface area (Å²) in [4.78, 5) is 11.5. The second-order valence-corrected chi connectivity index (χ2v) is 4.75. The number of benzene rings is 1. The number of ether oxygens (including phenoxy) is 1. The Morgan fingerprint density at radius 1 is 1.32 bits per heavy atom. The minimum atomic E-state index is -1.42. The molecule has 19 heavy (non-hydrogen) atoms. The minimum Gasteiger partial charge on any atom is -0.463 e. The summed E-state index contributed by atoms with van der Waals surface area (Å²) in [6, 6.07) is 9.30. The molecule has 2 rings (SSSR count). The van der Waals surface area contributed by atoms with Crippen LogP contribution >= 0.6 is 8.60 Å². The zero-order valence-corrected chi connectivity index (χ0v) is 11.5. The highest BCUT2D eigenvalue weighted by Gasteiger charge is 2.23. The number of hydrogen-bond donors (Lipinski definition) is 0. The van der Waals surface area contributed by atoms with Crippen molar-refractivity contribution in [3.63, 3.8) is 0 Å². The predicted molar refractivity (Wildman–Crippen MR) is 71.0 cm³/mol. The molecule has 1 aliphatic rings. The van der Waals surface area contributed by atoms with Gasteiger partial charge in [0.2, 0.25) is 0 Å². The molecule has 0 atom stereocenters. The van der Waals surface area contributed by atoms with Gasteiger partial charge in [-0.1, -0.05) is 30.3 Å². The smallest absolute Gasteiger partial charge is 0.397 e. The van der Waals surface area contributed by atoms with E-state index < -0.39 is 14.6 Å². The second-order valence-electron chi connectivity index (χ2n) is 3.61. The lowest BCUT2D eigenvalue weighted by molar-refractivity contribution is -0.137. The fourth-order valence-corrected chi connectivity index (χ4v) is 2.40. The van der Waals surface area contributed by atoms with Gasteiger partial charge in [-0.2, -0.15) is 0 Å². The second kappa shape index (κ2) is 7.24. The van der Waals surface area contributed by atoms with Crippen LogP contribution in [-0.4, -0.2) is 25.8 Å². The molecule has 0 aromatic heterocycles. The molecule has 6 heteroatoms. The van der Waals surface area contributed by atoms with Crippen molar-refractivity contribution in [1.29, 1.82) is 0 Å². The van der Waals surface area contributed by atoms with Gasteiger partial charge >= 0.3 is 14.6 Å². The Labute approximate surface area is 113 Å². The van der Waals surface area contributed by atoms with Gasteiger partial charge in [0.05, 0.1) is 25.9 Å². The first-order valence-corrected chi connectivity index (χ1v) is 7.07. The maximum absolute atomic E-state index is 11.5. The lowest BCUT2D eigenvalue weighted by atomic mass is 10.2. The van der Waals surface area contributed by atoms with Gasteiger partial charge in [0.15, 0.2) is 0 Å². The minimum absolute atomic E-state index is 0.319. The highest BCUT2D eigenvalue weighted by atomic mass is 31.2. The molecule has 0 spiro atoms. The Balaban J connectivity index is 2.15. The molecule has 1 fully saturated rings. The first-order valence-electron chi connectivity index (χ1n) is 5.97. The van der Waals surface area contributed by atoms with Gasteiger partial charge in [-0.05, 0) is 6.92 Å². The molecule has 1 saturated heterocycles. The average molecular weight is 282 g/mol. The van der Waals surface area contributed by atoms with E-state index >= 15 is 0 Å². The quantitative estimate of drug-likeness (QED) is 0.360. The number of esters is 1. The van der Waals surface area contributed by atoms with Crippen molar-refractivity contribution in [1.82, 2.24) is 0 Å². The molecule has 1 heterocycles. The van der Waals surface area contributed by atoms with E-state index in [1.807, 2.05) is 30.3 Å². The van der Waals surface area contributed by atoms with Gasteiger partial charge < -0.3 is 18.3 Å². The molecular weight excluding hydrogens is 267 g/mol. The number of carbonyl (C=O) groups is 1. The molecule has 1 aromatic rings. The third-order valence-corrected chi connectivity index (χ3v) is 3.38. The molecule has 0 saturated carbocycles. The van der Waals surface area contributed by atoms with Gasteiger partial charge in [0, 0.05) is 5.56 Å². The van der Waals surface area contributed by atoms with E-state index in [-0.39, 0.29) is 0 Å². The number of carbonyl (C=O) groups excluding carboxylic acids is 1. The Morgan fingerprint density at radius 3 is 2.63 bits per heavy atom. The predicted octanol–water partition coefficient (Wildman–Crippen LogP) is 2.88. The van der Waals surface area contributed by atoms with Crippen LogP contribution in [0.5, 0.6) is 0 Å². The van der Waals surface area contributed by atoms with E-state index in [1.54, 1.807) is 6.92 Å². The fraction of sp³-hybridized carbons (Fsp3) is 0.308.